The van der Waals surface area contributed by atoms with E-state index in [-0.39, 0.29) is 18.3 Å². The van der Waals surface area contributed by atoms with Crippen LogP contribution in [0.2, 0.25) is 0 Å². The molecule has 0 unspecified atom stereocenters. The highest BCUT2D eigenvalue weighted by Gasteiger charge is 2.19. The van der Waals surface area contributed by atoms with Gasteiger partial charge in [-0.2, -0.15) is 0 Å². The summed E-state index contributed by atoms with van der Waals surface area (Å²) in [5.74, 6) is 0.456. The second-order valence-electron chi connectivity index (χ2n) is 6.65. The van der Waals surface area contributed by atoms with Crippen molar-refractivity contribution in [1.82, 2.24) is 14.9 Å². The van der Waals surface area contributed by atoms with Crippen LogP contribution in [0.3, 0.4) is 0 Å². The molecule has 3 rings (SSSR count). The van der Waals surface area contributed by atoms with Crippen LogP contribution in [0, 0.1) is 19.7 Å². The third kappa shape index (κ3) is 4.91. The summed E-state index contributed by atoms with van der Waals surface area (Å²) in [5.41, 5.74) is 2.03. The lowest BCUT2D eigenvalue weighted by molar-refractivity contribution is -0.118. The fraction of sp³-hybridized carbons (Fsp3) is 0.421. The second-order valence-corrected chi connectivity index (χ2v) is 6.65. The van der Waals surface area contributed by atoms with E-state index < -0.39 is 0 Å². The quantitative estimate of drug-likeness (QED) is 0.865. The van der Waals surface area contributed by atoms with E-state index in [1.165, 1.54) is 24.3 Å². The highest BCUT2D eigenvalue weighted by Crippen LogP contribution is 2.21. The molecule has 1 aliphatic heterocycles. The van der Waals surface area contributed by atoms with Crippen molar-refractivity contribution in [1.29, 1.82) is 0 Å². The van der Waals surface area contributed by atoms with E-state index in [9.17, 15) is 9.18 Å². The number of amides is 1. The minimum Gasteiger partial charge on any atom is -0.484 e. The summed E-state index contributed by atoms with van der Waals surface area (Å²) in [4.78, 5) is 25.7. The van der Waals surface area contributed by atoms with Crippen LogP contribution in [0.5, 0.6) is 5.75 Å². The minimum atomic E-state index is -0.351. The van der Waals surface area contributed by atoms with Crippen molar-refractivity contribution >= 4 is 17.5 Å². The summed E-state index contributed by atoms with van der Waals surface area (Å²) in [6.07, 6.45) is 0. The Morgan fingerprint density at radius 1 is 1.11 bits per heavy atom. The minimum absolute atomic E-state index is 0.176. The lowest BCUT2D eigenvalue weighted by Gasteiger charge is -2.32. The normalized spacial score (nSPS) is 14.9. The number of hydrogen-bond acceptors (Lipinski definition) is 6. The SMILES string of the molecule is Cc1nc(N2CCN(C)CC2)nc(C)c1NC(=O)COc1ccc(F)cc1. The molecule has 0 saturated carbocycles. The van der Waals surface area contributed by atoms with Gasteiger partial charge in [-0.15, -0.1) is 0 Å². The van der Waals surface area contributed by atoms with Crippen molar-refractivity contribution in [2.24, 2.45) is 0 Å². The Bertz CT molecular complexity index is 781. The monoisotopic (exact) mass is 373 g/mol. The average Bonchev–Trinajstić information content (AvgIpc) is 2.64. The fourth-order valence-corrected chi connectivity index (χ4v) is 2.88. The van der Waals surface area contributed by atoms with Gasteiger partial charge in [0.2, 0.25) is 5.95 Å². The van der Waals surface area contributed by atoms with Gasteiger partial charge in [0.1, 0.15) is 11.6 Å². The van der Waals surface area contributed by atoms with Crippen LogP contribution in [0.25, 0.3) is 0 Å². The smallest absolute Gasteiger partial charge is 0.262 e. The number of nitrogens with one attached hydrogen (secondary N) is 1. The zero-order valence-electron chi connectivity index (χ0n) is 15.8. The molecule has 1 aromatic carbocycles. The average molecular weight is 373 g/mol. The molecule has 1 aromatic heterocycles. The van der Waals surface area contributed by atoms with Gasteiger partial charge in [0.15, 0.2) is 6.61 Å². The summed E-state index contributed by atoms with van der Waals surface area (Å²) in [6, 6.07) is 5.53. The maximum absolute atomic E-state index is 12.9. The number of hydrogen-bond donors (Lipinski definition) is 1. The third-order valence-electron chi connectivity index (χ3n) is 4.49. The first kappa shape index (κ1) is 19.0. The number of likely N-dealkylation sites (N-methyl/N-ethyl adjacent to an activating group) is 1. The third-order valence-corrected chi connectivity index (χ3v) is 4.49. The van der Waals surface area contributed by atoms with E-state index >= 15 is 0 Å². The van der Waals surface area contributed by atoms with Gasteiger partial charge in [-0.1, -0.05) is 0 Å². The number of aromatic nitrogens is 2. The number of ether oxygens (including phenoxy) is 1. The van der Waals surface area contributed by atoms with Gasteiger partial charge in [0.25, 0.3) is 5.91 Å². The van der Waals surface area contributed by atoms with Crippen LogP contribution in [-0.4, -0.2) is 60.6 Å². The molecule has 0 atom stereocenters. The highest BCUT2D eigenvalue weighted by atomic mass is 19.1. The zero-order chi connectivity index (χ0) is 19.4. The topological polar surface area (TPSA) is 70.6 Å². The molecular weight excluding hydrogens is 349 g/mol. The van der Waals surface area contributed by atoms with Crippen molar-refractivity contribution in [2.45, 2.75) is 13.8 Å². The fourth-order valence-electron chi connectivity index (χ4n) is 2.88. The maximum atomic E-state index is 12.9. The molecular formula is C19H24FN5O2. The van der Waals surface area contributed by atoms with Crippen molar-refractivity contribution in [3.63, 3.8) is 0 Å². The number of carbonyl (C=O) groups excluding carboxylic acids is 1. The van der Waals surface area contributed by atoms with E-state index in [0.717, 1.165) is 26.2 Å². The molecule has 27 heavy (non-hydrogen) atoms. The molecule has 8 heteroatoms. The lowest BCUT2D eigenvalue weighted by atomic mass is 10.2. The molecule has 1 amide bonds. The number of nitrogens with zero attached hydrogens (tertiary/aromatic N) is 4. The standard InChI is InChI=1S/C19H24FN5O2/c1-13-18(23-17(26)12-27-16-6-4-15(20)5-7-16)14(2)22-19(21-13)25-10-8-24(3)9-11-25/h4-7H,8-12H2,1-3H3,(H,23,26). The summed E-state index contributed by atoms with van der Waals surface area (Å²) < 4.78 is 18.3. The molecule has 2 heterocycles. The molecule has 1 N–H and O–H groups in total. The molecule has 1 saturated heterocycles. The van der Waals surface area contributed by atoms with E-state index in [0.29, 0.717) is 28.8 Å². The Labute approximate surface area is 158 Å². The number of carbonyl (C=O) groups is 1. The van der Waals surface area contributed by atoms with Crippen LogP contribution in [-0.2, 0) is 4.79 Å². The molecule has 7 nitrogen and oxygen atoms in total. The van der Waals surface area contributed by atoms with Gasteiger partial charge in [0, 0.05) is 26.2 Å². The van der Waals surface area contributed by atoms with Gasteiger partial charge in [-0.3, -0.25) is 4.79 Å². The van der Waals surface area contributed by atoms with Crippen molar-refractivity contribution in [3.8, 4) is 5.75 Å². The van der Waals surface area contributed by atoms with Crippen molar-refractivity contribution < 1.29 is 13.9 Å². The molecule has 1 fully saturated rings. The van der Waals surface area contributed by atoms with Crippen molar-refractivity contribution in [2.75, 3.05) is 50.1 Å². The summed E-state index contributed by atoms with van der Waals surface area (Å²) in [7, 11) is 2.10. The van der Waals surface area contributed by atoms with E-state index in [4.69, 9.17) is 4.74 Å². The first-order chi connectivity index (χ1) is 12.9. The van der Waals surface area contributed by atoms with Gasteiger partial charge >= 0.3 is 0 Å². The van der Waals surface area contributed by atoms with Crippen LogP contribution in [0.15, 0.2) is 24.3 Å². The Morgan fingerprint density at radius 2 is 1.70 bits per heavy atom. The number of rotatable bonds is 5. The zero-order valence-corrected chi connectivity index (χ0v) is 15.8. The Hall–Kier alpha value is -2.74. The largest absolute Gasteiger partial charge is 0.484 e. The van der Waals surface area contributed by atoms with E-state index in [1.807, 2.05) is 13.8 Å². The number of piperazine rings is 1. The van der Waals surface area contributed by atoms with Crippen LogP contribution in [0.4, 0.5) is 16.0 Å². The van der Waals surface area contributed by atoms with Crippen molar-refractivity contribution in [3.05, 3.63) is 41.5 Å². The van der Waals surface area contributed by atoms with E-state index in [1.54, 1.807) is 0 Å². The molecule has 2 aromatic rings. The lowest BCUT2D eigenvalue weighted by Crippen LogP contribution is -2.45. The molecule has 0 spiro atoms. The Kier molecular flexibility index (Phi) is 5.85. The predicted octanol–water partition coefficient (Wildman–Crippen LogP) is 2.00. The Balaban J connectivity index is 1.62. The first-order valence-electron chi connectivity index (χ1n) is 8.89. The Morgan fingerprint density at radius 3 is 2.30 bits per heavy atom. The predicted molar refractivity (Wildman–Crippen MR) is 102 cm³/mol. The summed E-state index contributed by atoms with van der Waals surface area (Å²) in [6.45, 7) is 7.24. The van der Waals surface area contributed by atoms with Crippen LogP contribution >= 0.6 is 0 Å². The van der Waals surface area contributed by atoms with Crippen LogP contribution < -0.4 is 15.0 Å². The van der Waals surface area contributed by atoms with Gasteiger partial charge in [-0.05, 0) is 45.2 Å². The summed E-state index contributed by atoms with van der Waals surface area (Å²) in [5, 5.41) is 2.81. The summed E-state index contributed by atoms with van der Waals surface area (Å²) >= 11 is 0. The van der Waals surface area contributed by atoms with Gasteiger partial charge in [0.05, 0.1) is 17.1 Å². The van der Waals surface area contributed by atoms with Gasteiger partial charge in [-0.25, -0.2) is 14.4 Å². The second kappa shape index (κ2) is 8.30. The molecule has 0 radical (unpaired) electrons. The molecule has 1 aliphatic rings. The number of anilines is 2. The van der Waals surface area contributed by atoms with Crippen LogP contribution in [0.1, 0.15) is 11.4 Å². The molecule has 144 valence electrons. The first-order valence-corrected chi connectivity index (χ1v) is 8.89. The van der Waals surface area contributed by atoms with E-state index in [2.05, 4.69) is 32.1 Å². The maximum Gasteiger partial charge on any atom is 0.262 e. The molecule has 0 bridgehead atoms. The number of aryl methyl sites for hydroxylation is 2. The highest BCUT2D eigenvalue weighted by molar-refractivity contribution is 5.93. The number of halogens is 1. The van der Waals surface area contributed by atoms with Gasteiger partial charge < -0.3 is 19.9 Å². The molecule has 0 aliphatic carbocycles. The number of benzene rings is 1.